The molecular formula is C11H17IO2. The van der Waals surface area contributed by atoms with Crippen LogP contribution in [-0.4, -0.2) is 12.6 Å². The number of ether oxygens (including phenoxy) is 1. The van der Waals surface area contributed by atoms with Gasteiger partial charge in [-0.25, -0.2) is 0 Å². The van der Waals surface area contributed by atoms with E-state index in [0.29, 0.717) is 0 Å². The van der Waals surface area contributed by atoms with Crippen LogP contribution in [-0.2, 0) is 9.53 Å². The molecule has 0 amide bonds. The van der Waals surface area contributed by atoms with Gasteiger partial charge in [0.2, 0.25) is 0 Å². The van der Waals surface area contributed by atoms with Crippen molar-refractivity contribution in [3.63, 3.8) is 0 Å². The molecule has 0 rings (SSSR count). The molecule has 3 heteroatoms. The van der Waals surface area contributed by atoms with Crippen LogP contribution < -0.4 is 0 Å². The summed E-state index contributed by atoms with van der Waals surface area (Å²) in [6.45, 7) is 4.37. The summed E-state index contributed by atoms with van der Waals surface area (Å²) in [5.41, 5.74) is 0. The van der Waals surface area contributed by atoms with Crippen molar-refractivity contribution >= 4 is 28.6 Å². The number of halogens is 1. The van der Waals surface area contributed by atoms with Crippen molar-refractivity contribution in [3.8, 4) is 9.85 Å². The summed E-state index contributed by atoms with van der Waals surface area (Å²) in [5, 5.41) is 0. The van der Waals surface area contributed by atoms with Crippen molar-refractivity contribution in [3.05, 3.63) is 0 Å². The highest BCUT2D eigenvalue weighted by Gasteiger charge is 2.16. The van der Waals surface area contributed by atoms with Crippen LogP contribution in [0.3, 0.4) is 0 Å². The van der Waals surface area contributed by atoms with Crippen molar-refractivity contribution in [1.29, 1.82) is 0 Å². The van der Waals surface area contributed by atoms with E-state index in [2.05, 4.69) is 16.8 Å². The van der Waals surface area contributed by atoms with Gasteiger partial charge in [0.25, 0.3) is 0 Å². The minimum absolute atomic E-state index is 0.0611. The van der Waals surface area contributed by atoms with Gasteiger partial charge in [0, 0.05) is 22.6 Å². The van der Waals surface area contributed by atoms with Gasteiger partial charge in [-0.2, -0.15) is 0 Å². The molecule has 0 spiro atoms. The minimum Gasteiger partial charge on any atom is -0.452 e. The first kappa shape index (κ1) is 13.8. The zero-order valence-corrected chi connectivity index (χ0v) is 11.0. The van der Waals surface area contributed by atoms with Gasteiger partial charge in [-0.15, -0.1) is 0 Å². The van der Waals surface area contributed by atoms with Gasteiger partial charge in [-0.3, -0.25) is 4.79 Å². The lowest BCUT2D eigenvalue weighted by Crippen LogP contribution is -2.17. The average molecular weight is 308 g/mol. The Hall–Kier alpha value is -0.240. The van der Waals surface area contributed by atoms with Crippen LogP contribution in [0.2, 0.25) is 0 Å². The lowest BCUT2D eigenvalue weighted by Gasteiger charge is -2.11. The number of hydrogen-bond donors (Lipinski definition) is 0. The van der Waals surface area contributed by atoms with Crippen molar-refractivity contribution in [1.82, 2.24) is 0 Å². The van der Waals surface area contributed by atoms with E-state index in [1.54, 1.807) is 0 Å². The number of carbonyl (C=O) groups is 1. The first-order valence-corrected chi connectivity index (χ1v) is 6.09. The second-order valence-corrected chi connectivity index (χ2v) is 3.67. The smallest absolute Gasteiger partial charge is 0.309 e. The predicted molar refractivity (Wildman–Crippen MR) is 66.1 cm³/mol. The van der Waals surface area contributed by atoms with Crippen LogP contribution in [0, 0.1) is 15.8 Å². The zero-order chi connectivity index (χ0) is 10.8. The monoisotopic (exact) mass is 308 g/mol. The molecule has 0 aliphatic carbocycles. The highest BCUT2D eigenvalue weighted by molar-refractivity contribution is 14.1. The van der Waals surface area contributed by atoms with E-state index in [9.17, 15) is 4.79 Å². The molecule has 2 nitrogen and oxygen atoms in total. The fourth-order valence-electron chi connectivity index (χ4n) is 1.19. The maximum Gasteiger partial charge on any atom is 0.309 e. The van der Waals surface area contributed by atoms with Crippen LogP contribution in [0.1, 0.15) is 39.5 Å². The summed E-state index contributed by atoms with van der Waals surface area (Å²) in [6, 6.07) is 0. The Bertz CT molecular complexity index is 215. The van der Waals surface area contributed by atoms with Gasteiger partial charge in [0.1, 0.15) is 0 Å². The SMILES string of the molecule is CCCCC(CC)C(=O)OCC#CI. The molecule has 0 fully saturated rings. The topological polar surface area (TPSA) is 26.3 Å². The van der Waals surface area contributed by atoms with E-state index >= 15 is 0 Å². The molecule has 0 aromatic heterocycles. The fraction of sp³-hybridized carbons (Fsp3) is 0.727. The number of unbranched alkanes of at least 4 members (excludes halogenated alkanes) is 1. The lowest BCUT2D eigenvalue weighted by molar-refractivity contribution is -0.147. The number of esters is 1. The maximum absolute atomic E-state index is 11.5. The second-order valence-electron chi connectivity index (χ2n) is 3.13. The van der Waals surface area contributed by atoms with Gasteiger partial charge in [-0.05, 0) is 16.8 Å². The molecule has 0 aliphatic heterocycles. The normalized spacial score (nSPS) is 11.4. The van der Waals surface area contributed by atoms with Crippen molar-refractivity contribution in [2.75, 3.05) is 6.61 Å². The van der Waals surface area contributed by atoms with Crippen molar-refractivity contribution in [2.45, 2.75) is 39.5 Å². The molecule has 0 saturated heterocycles. The van der Waals surface area contributed by atoms with E-state index in [1.165, 1.54) is 0 Å². The van der Waals surface area contributed by atoms with E-state index in [4.69, 9.17) is 4.74 Å². The Labute approximate surface area is 99.9 Å². The number of carbonyl (C=O) groups excluding carboxylic acids is 1. The van der Waals surface area contributed by atoms with Crippen LogP contribution in [0.5, 0.6) is 0 Å². The van der Waals surface area contributed by atoms with Crippen LogP contribution in [0.4, 0.5) is 0 Å². The first-order valence-electron chi connectivity index (χ1n) is 5.01. The summed E-state index contributed by atoms with van der Waals surface area (Å²) in [5.74, 6) is 2.67. The molecule has 0 bridgehead atoms. The van der Waals surface area contributed by atoms with Gasteiger partial charge in [0.15, 0.2) is 6.61 Å². The summed E-state index contributed by atoms with van der Waals surface area (Å²) >= 11 is 1.93. The van der Waals surface area contributed by atoms with Gasteiger partial charge in [0.05, 0.1) is 5.92 Å². The first-order chi connectivity index (χ1) is 6.76. The standard InChI is InChI=1S/C11H17IO2/c1-3-5-7-10(4-2)11(13)14-9-6-8-12/h10H,3-5,7,9H2,1-2H3. The zero-order valence-electron chi connectivity index (χ0n) is 8.81. The molecule has 0 N–H and O–H groups in total. The molecule has 0 radical (unpaired) electrons. The quantitative estimate of drug-likeness (QED) is 0.428. The molecule has 1 unspecified atom stereocenters. The van der Waals surface area contributed by atoms with E-state index < -0.39 is 0 Å². The maximum atomic E-state index is 11.5. The highest BCUT2D eigenvalue weighted by atomic mass is 127. The van der Waals surface area contributed by atoms with Gasteiger partial charge in [-0.1, -0.05) is 32.6 Å². The molecule has 0 aromatic carbocycles. The molecular weight excluding hydrogens is 291 g/mol. The predicted octanol–water partition coefficient (Wildman–Crippen LogP) is 3.14. The third-order valence-corrected chi connectivity index (χ3v) is 2.47. The largest absolute Gasteiger partial charge is 0.452 e. The number of rotatable bonds is 6. The summed E-state index contributed by atoms with van der Waals surface area (Å²) in [4.78, 5) is 11.5. The Kier molecular flexibility index (Phi) is 9.16. The van der Waals surface area contributed by atoms with Crippen LogP contribution in [0.25, 0.3) is 0 Å². The van der Waals surface area contributed by atoms with E-state index in [0.717, 1.165) is 25.7 Å². The Morgan fingerprint density at radius 3 is 2.71 bits per heavy atom. The van der Waals surface area contributed by atoms with E-state index in [-0.39, 0.29) is 18.5 Å². The number of hydrogen-bond acceptors (Lipinski definition) is 2. The fourth-order valence-corrected chi connectivity index (χ4v) is 1.35. The highest BCUT2D eigenvalue weighted by Crippen LogP contribution is 2.13. The summed E-state index contributed by atoms with van der Waals surface area (Å²) in [6.07, 6.45) is 4.00. The summed E-state index contributed by atoms with van der Waals surface area (Å²) < 4.78 is 7.68. The molecule has 14 heavy (non-hydrogen) atoms. The molecule has 0 heterocycles. The Morgan fingerprint density at radius 1 is 1.50 bits per heavy atom. The van der Waals surface area contributed by atoms with Crippen molar-refractivity contribution in [2.24, 2.45) is 5.92 Å². The van der Waals surface area contributed by atoms with Gasteiger partial charge >= 0.3 is 5.97 Å². The lowest BCUT2D eigenvalue weighted by atomic mass is 10.00. The third-order valence-electron chi connectivity index (χ3n) is 2.09. The minimum atomic E-state index is -0.0971. The van der Waals surface area contributed by atoms with Gasteiger partial charge < -0.3 is 4.74 Å². The average Bonchev–Trinajstić information content (AvgIpc) is 2.19. The van der Waals surface area contributed by atoms with Crippen LogP contribution >= 0.6 is 22.6 Å². The Morgan fingerprint density at radius 2 is 2.21 bits per heavy atom. The molecule has 80 valence electrons. The molecule has 0 aliphatic rings. The molecule has 0 aromatic rings. The summed E-state index contributed by atoms with van der Waals surface area (Å²) in [7, 11) is 0. The molecule has 1 atom stereocenters. The van der Waals surface area contributed by atoms with Crippen molar-refractivity contribution < 1.29 is 9.53 Å². The van der Waals surface area contributed by atoms with E-state index in [1.807, 2.05) is 29.5 Å². The Balaban J connectivity index is 3.82. The second kappa shape index (κ2) is 9.32. The van der Waals surface area contributed by atoms with Crippen LogP contribution in [0.15, 0.2) is 0 Å². The third kappa shape index (κ3) is 6.25. The molecule has 0 saturated carbocycles.